The van der Waals surface area contributed by atoms with Crippen LogP contribution in [0.25, 0.3) is 0 Å². The monoisotopic (exact) mass is 412 g/mol. The first-order chi connectivity index (χ1) is 15.0. The van der Waals surface area contributed by atoms with E-state index >= 15 is 0 Å². The van der Waals surface area contributed by atoms with E-state index < -0.39 is 0 Å². The number of hydrogen-bond donors (Lipinski definition) is 0. The first-order valence-electron chi connectivity index (χ1n) is 10.8. The summed E-state index contributed by atoms with van der Waals surface area (Å²) in [4.78, 5) is 0. The highest BCUT2D eigenvalue weighted by Gasteiger charge is 2.42. The summed E-state index contributed by atoms with van der Waals surface area (Å²) in [7, 11) is 1.69. The lowest BCUT2D eigenvalue weighted by molar-refractivity contribution is -0.0209. The van der Waals surface area contributed by atoms with Gasteiger partial charge in [-0.1, -0.05) is 87.5 Å². The van der Waals surface area contributed by atoms with E-state index in [4.69, 9.17) is 14.6 Å². The first-order valence-corrected chi connectivity index (χ1v) is 10.8. The lowest BCUT2D eigenvalue weighted by atomic mass is 9.86. The zero-order chi connectivity index (χ0) is 21.6. The number of hydrogen-bond acceptors (Lipinski definition) is 4. The van der Waals surface area contributed by atoms with Crippen molar-refractivity contribution in [2.24, 2.45) is 5.10 Å². The van der Waals surface area contributed by atoms with Gasteiger partial charge >= 0.3 is 0 Å². The highest BCUT2D eigenvalue weighted by Crippen LogP contribution is 2.50. The molecular weight excluding hydrogens is 384 g/mol. The summed E-state index contributed by atoms with van der Waals surface area (Å²) in [6.07, 6.45) is 0.536. The summed E-state index contributed by atoms with van der Waals surface area (Å²) in [6.45, 7) is 6.69. The number of fused-ring (bicyclic) bond motifs is 3. The molecule has 3 aromatic carbocycles. The molecule has 4 nitrogen and oxygen atoms in total. The number of para-hydroxylation sites is 1. The van der Waals surface area contributed by atoms with Gasteiger partial charge in [-0.05, 0) is 22.6 Å². The van der Waals surface area contributed by atoms with Crippen LogP contribution in [0, 0.1) is 0 Å². The minimum atomic E-state index is -0.302. The summed E-state index contributed by atoms with van der Waals surface area (Å²) in [5, 5.41) is 7.17. The summed E-state index contributed by atoms with van der Waals surface area (Å²) in [5.41, 5.74) is 5.86. The van der Waals surface area contributed by atoms with Gasteiger partial charge < -0.3 is 9.47 Å². The molecule has 3 aromatic rings. The van der Waals surface area contributed by atoms with E-state index in [1.165, 1.54) is 5.56 Å². The number of rotatable bonds is 3. The Hall–Kier alpha value is -3.27. The number of ether oxygens (including phenoxy) is 2. The highest BCUT2D eigenvalue weighted by molar-refractivity contribution is 6.01. The Bertz CT molecular complexity index is 1110. The highest BCUT2D eigenvalue weighted by atomic mass is 16.5. The van der Waals surface area contributed by atoms with Crippen LogP contribution in [0.4, 0.5) is 0 Å². The Morgan fingerprint density at radius 2 is 1.68 bits per heavy atom. The number of hydrazone groups is 1. The zero-order valence-electron chi connectivity index (χ0n) is 18.5. The van der Waals surface area contributed by atoms with Gasteiger partial charge in [-0.15, -0.1) is 0 Å². The number of nitrogens with zero attached hydrogens (tertiary/aromatic N) is 2. The van der Waals surface area contributed by atoms with Crippen LogP contribution < -0.4 is 9.47 Å². The maximum atomic E-state index is 6.56. The van der Waals surface area contributed by atoms with E-state index in [-0.39, 0.29) is 17.7 Å². The maximum Gasteiger partial charge on any atom is 0.214 e. The Morgan fingerprint density at radius 3 is 2.35 bits per heavy atom. The molecule has 2 aliphatic heterocycles. The summed E-state index contributed by atoms with van der Waals surface area (Å²) in [5.74, 6) is 1.59. The fourth-order valence-corrected chi connectivity index (χ4v) is 4.42. The molecule has 0 unspecified atom stereocenters. The van der Waals surface area contributed by atoms with Crippen LogP contribution in [0.1, 0.15) is 61.7 Å². The standard InChI is InChI=1S/C27H28N2O2/c1-27(2,3)20-15-13-19(14-16-20)26-29-23(17-22(28-29)18-9-6-5-7-10-18)21-11-8-12-24(30-4)25(21)31-26/h5-16,23,26H,17H2,1-4H3/t23-,26-/m1/s1. The Balaban J connectivity index is 1.59. The van der Waals surface area contributed by atoms with Gasteiger partial charge in [0.1, 0.15) is 0 Å². The van der Waals surface area contributed by atoms with Crippen molar-refractivity contribution in [3.05, 3.63) is 95.1 Å². The topological polar surface area (TPSA) is 34.1 Å². The molecule has 2 aliphatic rings. The van der Waals surface area contributed by atoms with E-state index in [1.54, 1.807) is 7.11 Å². The molecule has 2 atom stereocenters. The van der Waals surface area contributed by atoms with Crippen molar-refractivity contribution in [2.75, 3.05) is 7.11 Å². The van der Waals surface area contributed by atoms with Crippen molar-refractivity contribution in [1.82, 2.24) is 5.01 Å². The largest absolute Gasteiger partial charge is 0.493 e. The van der Waals surface area contributed by atoms with Crippen LogP contribution in [0.3, 0.4) is 0 Å². The fourth-order valence-electron chi connectivity index (χ4n) is 4.42. The van der Waals surface area contributed by atoms with Gasteiger partial charge in [0.15, 0.2) is 11.5 Å². The third-order valence-corrected chi connectivity index (χ3v) is 6.17. The molecule has 0 spiro atoms. The van der Waals surface area contributed by atoms with Crippen molar-refractivity contribution >= 4 is 5.71 Å². The Labute approximate surface area is 184 Å². The predicted octanol–water partition coefficient (Wildman–Crippen LogP) is 6.24. The van der Waals surface area contributed by atoms with Gasteiger partial charge in [-0.2, -0.15) is 5.10 Å². The van der Waals surface area contributed by atoms with Gasteiger partial charge in [-0.25, -0.2) is 5.01 Å². The van der Waals surface area contributed by atoms with Crippen molar-refractivity contribution < 1.29 is 9.47 Å². The minimum Gasteiger partial charge on any atom is -0.493 e. The average molecular weight is 413 g/mol. The van der Waals surface area contributed by atoms with Gasteiger partial charge in [0, 0.05) is 17.5 Å². The molecule has 31 heavy (non-hydrogen) atoms. The van der Waals surface area contributed by atoms with Crippen LogP contribution in [0.5, 0.6) is 11.5 Å². The zero-order valence-corrected chi connectivity index (χ0v) is 18.5. The van der Waals surface area contributed by atoms with E-state index in [9.17, 15) is 0 Å². The van der Waals surface area contributed by atoms with E-state index in [0.29, 0.717) is 0 Å². The normalized spacial score (nSPS) is 19.9. The summed E-state index contributed by atoms with van der Waals surface area (Å²) < 4.78 is 12.2. The molecule has 0 saturated heterocycles. The lowest BCUT2D eigenvalue weighted by Gasteiger charge is -2.38. The molecule has 0 N–H and O–H groups in total. The third-order valence-electron chi connectivity index (χ3n) is 6.17. The maximum absolute atomic E-state index is 6.56. The molecule has 4 heteroatoms. The summed E-state index contributed by atoms with van der Waals surface area (Å²) >= 11 is 0. The van der Waals surface area contributed by atoms with Crippen LogP contribution in [-0.4, -0.2) is 17.8 Å². The smallest absolute Gasteiger partial charge is 0.214 e. The molecule has 0 aromatic heterocycles. The molecule has 0 amide bonds. The van der Waals surface area contributed by atoms with Crippen LogP contribution in [0.15, 0.2) is 77.9 Å². The van der Waals surface area contributed by atoms with Crippen molar-refractivity contribution in [2.45, 2.75) is 44.9 Å². The van der Waals surface area contributed by atoms with Crippen molar-refractivity contribution in [3.63, 3.8) is 0 Å². The molecule has 5 rings (SSSR count). The van der Waals surface area contributed by atoms with E-state index in [2.05, 4.69) is 80.4 Å². The fraction of sp³-hybridized carbons (Fsp3) is 0.296. The molecule has 0 saturated carbocycles. The van der Waals surface area contributed by atoms with Crippen molar-refractivity contribution in [1.29, 1.82) is 0 Å². The molecule has 0 aliphatic carbocycles. The molecular formula is C27H28N2O2. The SMILES string of the molecule is COc1cccc2c1O[C@H](c1ccc(C(C)(C)C)cc1)N1N=C(c3ccccc3)C[C@H]21. The predicted molar refractivity (Wildman–Crippen MR) is 124 cm³/mol. The van der Waals surface area contributed by atoms with Crippen LogP contribution in [-0.2, 0) is 5.41 Å². The Kier molecular flexibility index (Phi) is 4.73. The molecule has 0 fully saturated rings. The minimum absolute atomic E-state index is 0.108. The molecule has 158 valence electrons. The van der Waals surface area contributed by atoms with Gasteiger partial charge in [0.25, 0.3) is 0 Å². The summed E-state index contributed by atoms with van der Waals surface area (Å²) in [6, 6.07) is 25.4. The number of benzene rings is 3. The first kappa shape index (κ1) is 19.7. The number of methoxy groups -OCH3 is 1. The lowest BCUT2D eigenvalue weighted by Crippen LogP contribution is -2.34. The second-order valence-electron chi connectivity index (χ2n) is 9.23. The third kappa shape index (κ3) is 3.46. The molecule has 2 heterocycles. The van der Waals surface area contributed by atoms with E-state index in [1.807, 2.05) is 18.2 Å². The van der Waals surface area contributed by atoms with Crippen LogP contribution >= 0.6 is 0 Å². The molecule has 0 radical (unpaired) electrons. The van der Waals surface area contributed by atoms with Gasteiger partial charge in [0.05, 0.1) is 18.9 Å². The Morgan fingerprint density at radius 1 is 0.935 bits per heavy atom. The molecule has 0 bridgehead atoms. The van der Waals surface area contributed by atoms with Crippen LogP contribution in [0.2, 0.25) is 0 Å². The average Bonchev–Trinajstić information content (AvgIpc) is 3.24. The van der Waals surface area contributed by atoms with E-state index in [0.717, 1.165) is 40.3 Å². The second-order valence-corrected chi connectivity index (χ2v) is 9.23. The van der Waals surface area contributed by atoms with Crippen molar-refractivity contribution in [3.8, 4) is 11.5 Å². The quantitative estimate of drug-likeness (QED) is 0.511. The van der Waals surface area contributed by atoms with Gasteiger partial charge in [0.2, 0.25) is 6.23 Å². The van der Waals surface area contributed by atoms with Gasteiger partial charge in [-0.3, -0.25) is 0 Å². The second kappa shape index (κ2) is 7.45.